The molecule has 0 unspecified atom stereocenters. The van der Waals surface area contributed by atoms with Crippen molar-refractivity contribution in [2.75, 3.05) is 31.1 Å². The second kappa shape index (κ2) is 7.31. The molecule has 3 rings (SSSR count). The lowest BCUT2D eigenvalue weighted by atomic mass is 10.1. The molecule has 7 nitrogen and oxygen atoms in total. The molecule has 1 aromatic carbocycles. The Kier molecular flexibility index (Phi) is 5.11. The molecule has 2 aromatic rings. The number of nitrogens with zero attached hydrogens (tertiary/aromatic N) is 6. The maximum atomic E-state index is 13.1. The molecule has 0 spiro atoms. The number of nitrogens with two attached hydrogens (primary N) is 1. The predicted octanol–water partition coefficient (Wildman–Crippen LogP) is 1.81. The molecule has 1 aromatic heterocycles. The van der Waals surface area contributed by atoms with Crippen LogP contribution in [0.3, 0.4) is 0 Å². The molecule has 1 aliphatic rings. The Morgan fingerprint density at radius 1 is 1.15 bits per heavy atom. The van der Waals surface area contributed by atoms with Crippen molar-refractivity contribution in [1.82, 2.24) is 19.7 Å². The van der Waals surface area contributed by atoms with Crippen molar-refractivity contribution in [2.45, 2.75) is 32.9 Å². The van der Waals surface area contributed by atoms with E-state index in [0.29, 0.717) is 12.5 Å². The predicted molar refractivity (Wildman–Crippen MR) is 101 cm³/mol. The highest BCUT2D eigenvalue weighted by molar-refractivity contribution is 5.78. The van der Waals surface area contributed by atoms with Gasteiger partial charge in [0.25, 0.3) is 0 Å². The van der Waals surface area contributed by atoms with Crippen LogP contribution in [0.5, 0.6) is 0 Å². The molecule has 0 amide bonds. The first-order chi connectivity index (χ1) is 12.3. The number of halogens is 1. The zero-order valence-electron chi connectivity index (χ0n) is 15.6. The number of rotatable bonds is 3. The average molecular weight is 359 g/mol. The second-order valence-electron chi connectivity index (χ2n) is 7.38. The molecule has 0 radical (unpaired) electrons. The molecule has 1 aliphatic heterocycles. The third-order valence-corrected chi connectivity index (χ3v) is 4.43. The van der Waals surface area contributed by atoms with E-state index >= 15 is 0 Å². The summed E-state index contributed by atoms with van der Waals surface area (Å²) in [6, 6.07) is 6.59. The molecule has 0 aliphatic carbocycles. The topological polar surface area (TPSA) is 75.6 Å². The van der Waals surface area contributed by atoms with E-state index in [4.69, 9.17) is 5.73 Å². The van der Waals surface area contributed by atoms with Crippen LogP contribution in [0.2, 0.25) is 0 Å². The van der Waals surface area contributed by atoms with Gasteiger partial charge in [-0.1, -0.05) is 0 Å². The van der Waals surface area contributed by atoms with E-state index in [1.54, 1.807) is 6.33 Å². The van der Waals surface area contributed by atoms with Crippen molar-refractivity contribution < 1.29 is 4.39 Å². The van der Waals surface area contributed by atoms with Gasteiger partial charge < -0.3 is 15.5 Å². The quantitative estimate of drug-likeness (QED) is 0.668. The largest absolute Gasteiger partial charge is 0.370 e. The third-order valence-electron chi connectivity index (χ3n) is 4.43. The van der Waals surface area contributed by atoms with Gasteiger partial charge in [-0.2, -0.15) is 5.10 Å². The molecule has 1 fully saturated rings. The normalized spacial score (nSPS) is 16.2. The number of aliphatic imine (C=N–C) groups is 1. The molecule has 140 valence electrons. The number of benzene rings is 1. The van der Waals surface area contributed by atoms with Gasteiger partial charge in [-0.05, 0) is 45.0 Å². The van der Waals surface area contributed by atoms with Crippen molar-refractivity contribution in [3.8, 4) is 0 Å². The number of piperazine rings is 1. The van der Waals surface area contributed by atoms with Crippen LogP contribution in [-0.2, 0) is 12.1 Å². The number of anilines is 1. The van der Waals surface area contributed by atoms with Crippen molar-refractivity contribution in [1.29, 1.82) is 0 Å². The van der Waals surface area contributed by atoms with Crippen LogP contribution < -0.4 is 10.6 Å². The minimum absolute atomic E-state index is 0.142. The zero-order chi connectivity index (χ0) is 18.7. The highest BCUT2D eigenvalue weighted by Gasteiger charge is 2.20. The van der Waals surface area contributed by atoms with Gasteiger partial charge in [0.05, 0.1) is 5.54 Å². The molecule has 1 saturated heterocycles. The average Bonchev–Trinajstić information content (AvgIpc) is 3.09. The van der Waals surface area contributed by atoms with Crippen LogP contribution in [-0.4, -0.2) is 51.8 Å². The summed E-state index contributed by atoms with van der Waals surface area (Å²) in [5, 5.41) is 4.28. The third kappa shape index (κ3) is 4.12. The SMILES string of the molecule is CC(C)(C)n1ncnc1CN=C(N)N1CCN(c2ccc(F)cc2)CC1. The van der Waals surface area contributed by atoms with E-state index in [0.717, 1.165) is 37.7 Å². The highest BCUT2D eigenvalue weighted by Crippen LogP contribution is 2.17. The summed E-state index contributed by atoms with van der Waals surface area (Å²) in [7, 11) is 0. The monoisotopic (exact) mass is 359 g/mol. The summed E-state index contributed by atoms with van der Waals surface area (Å²) < 4.78 is 14.9. The summed E-state index contributed by atoms with van der Waals surface area (Å²) in [6.45, 7) is 9.82. The van der Waals surface area contributed by atoms with Crippen molar-refractivity contribution >= 4 is 11.6 Å². The maximum absolute atomic E-state index is 13.1. The molecule has 0 bridgehead atoms. The Morgan fingerprint density at radius 2 is 1.81 bits per heavy atom. The number of hydrogen-bond acceptors (Lipinski definition) is 4. The van der Waals surface area contributed by atoms with Gasteiger partial charge in [-0.15, -0.1) is 0 Å². The van der Waals surface area contributed by atoms with Crippen molar-refractivity contribution in [2.24, 2.45) is 10.7 Å². The van der Waals surface area contributed by atoms with Gasteiger partial charge in [0.2, 0.25) is 0 Å². The summed E-state index contributed by atoms with van der Waals surface area (Å²) in [4.78, 5) is 13.1. The van der Waals surface area contributed by atoms with Gasteiger partial charge >= 0.3 is 0 Å². The van der Waals surface area contributed by atoms with Gasteiger partial charge in [-0.25, -0.2) is 19.0 Å². The minimum Gasteiger partial charge on any atom is -0.370 e. The van der Waals surface area contributed by atoms with Gasteiger partial charge in [-0.3, -0.25) is 0 Å². The maximum Gasteiger partial charge on any atom is 0.191 e. The first-order valence-corrected chi connectivity index (χ1v) is 8.79. The van der Waals surface area contributed by atoms with Crippen LogP contribution in [0.25, 0.3) is 0 Å². The van der Waals surface area contributed by atoms with E-state index in [9.17, 15) is 4.39 Å². The zero-order valence-corrected chi connectivity index (χ0v) is 15.6. The Morgan fingerprint density at radius 3 is 2.42 bits per heavy atom. The van der Waals surface area contributed by atoms with E-state index in [-0.39, 0.29) is 11.4 Å². The van der Waals surface area contributed by atoms with Crippen molar-refractivity contribution in [3.05, 3.63) is 42.2 Å². The summed E-state index contributed by atoms with van der Waals surface area (Å²) in [5.74, 6) is 1.10. The summed E-state index contributed by atoms with van der Waals surface area (Å²) in [5.41, 5.74) is 7.06. The molecule has 8 heteroatoms. The first-order valence-electron chi connectivity index (χ1n) is 8.79. The van der Waals surface area contributed by atoms with E-state index in [1.807, 2.05) is 16.8 Å². The van der Waals surface area contributed by atoms with Crippen LogP contribution in [0.1, 0.15) is 26.6 Å². The van der Waals surface area contributed by atoms with Crippen LogP contribution >= 0.6 is 0 Å². The van der Waals surface area contributed by atoms with Crippen molar-refractivity contribution in [3.63, 3.8) is 0 Å². The number of guanidine groups is 1. The molecule has 26 heavy (non-hydrogen) atoms. The Balaban J connectivity index is 1.58. The number of aromatic nitrogens is 3. The summed E-state index contributed by atoms with van der Waals surface area (Å²) >= 11 is 0. The Hall–Kier alpha value is -2.64. The standard InChI is InChI=1S/C18H26FN7/c1-18(2,3)26-16(22-13-23-26)12-21-17(20)25-10-8-24(9-11-25)15-6-4-14(19)5-7-15/h4-7,13H,8-12H2,1-3H3,(H2,20,21). The lowest BCUT2D eigenvalue weighted by Crippen LogP contribution is -2.51. The fraction of sp³-hybridized carbons (Fsp3) is 0.500. The molecular weight excluding hydrogens is 333 g/mol. The molecule has 2 N–H and O–H groups in total. The van der Waals surface area contributed by atoms with Crippen LogP contribution in [0.15, 0.2) is 35.6 Å². The first kappa shape index (κ1) is 18.2. The van der Waals surface area contributed by atoms with Crippen LogP contribution in [0, 0.1) is 5.82 Å². The van der Waals surface area contributed by atoms with Crippen LogP contribution in [0.4, 0.5) is 10.1 Å². The number of hydrogen-bond donors (Lipinski definition) is 1. The lowest BCUT2D eigenvalue weighted by Gasteiger charge is -2.36. The minimum atomic E-state index is -0.216. The fourth-order valence-electron chi connectivity index (χ4n) is 3.03. The molecule has 2 heterocycles. The molecule has 0 atom stereocenters. The van der Waals surface area contributed by atoms with E-state index < -0.39 is 0 Å². The lowest BCUT2D eigenvalue weighted by molar-refractivity contribution is 0.341. The van der Waals surface area contributed by atoms with Gasteiger partial charge in [0, 0.05) is 31.9 Å². The Labute approximate surface area is 153 Å². The molecule has 0 saturated carbocycles. The van der Waals surface area contributed by atoms with Gasteiger partial charge in [0.1, 0.15) is 24.5 Å². The second-order valence-corrected chi connectivity index (χ2v) is 7.38. The van der Waals surface area contributed by atoms with Gasteiger partial charge in [0.15, 0.2) is 5.96 Å². The molecular formula is C18H26FN7. The van der Waals surface area contributed by atoms with E-state index in [1.165, 1.54) is 12.1 Å². The fourth-order valence-corrected chi connectivity index (χ4v) is 3.03. The van der Waals surface area contributed by atoms with E-state index in [2.05, 4.69) is 45.6 Å². The highest BCUT2D eigenvalue weighted by atomic mass is 19.1. The summed E-state index contributed by atoms with van der Waals surface area (Å²) in [6.07, 6.45) is 1.55. The smallest absolute Gasteiger partial charge is 0.191 e. The Bertz CT molecular complexity index is 753.